The van der Waals surface area contributed by atoms with Crippen LogP contribution in [0, 0.1) is 0 Å². The molecular formula is C12H17N5O2. The van der Waals surface area contributed by atoms with Crippen molar-refractivity contribution in [2.75, 3.05) is 25.1 Å². The Hall–Kier alpha value is -2.15. The summed E-state index contributed by atoms with van der Waals surface area (Å²) in [5.74, 6) is 5.73. The standard InChI is InChI=1S/C12H17N5O2/c1-2-16-7-12(19)17(8-11(16)18)6-9-3-4-10(15-13)14-5-9/h3-5H,2,6-8,13H2,1H3,(H,14,15). The molecule has 7 nitrogen and oxygen atoms in total. The Morgan fingerprint density at radius 2 is 1.95 bits per heavy atom. The summed E-state index contributed by atoms with van der Waals surface area (Å²) in [6, 6.07) is 3.55. The van der Waals surface area contributed by atoms with Crippen molar-refractivity contribution >= 4 is 17.6 Å². The van der Waals surface area contributed by atoms with E-state index in [0.717, 1.165) is 5.56 Å². The van der Waals surface area contributed by atoms with Crippen LogP contribution in [0.15, 0.2) is 18.3 Å². The van der Waals surface area contributed by atoms with Crippen LogP contribution in [0.5, 0.6) is 0 Å². The number of piperazine rings is 1. The van der Waals surface area contributed by atoms with Crippen LogP contribution in [0.2, 0.25) is 0 Å². The number of nitrogens with two attached hydrogens (primary N) is 1. The van der Waals surface area contributed by atoms with E-state index < -0.39 is 0 Å². The second-order valence-corrected chi connectivity index (χ2v) is 4.35. The number of hydrogen-bond donors (Lipinski definition) is 2. The number of rotatable bonds is 4. The van der Waals surface area contributed by atoms with Gasteiger partial charge in [0.2, 0.25) is 11.8 Å². The molecule has 0 unspecified atom stereocenters. The molecule has 0 atom stereocenters. The zero-order valence-corrected chi connectivity index (χ0v) is 10.8. The first-order chi connectivity index (χ1) is 9.13. The van der Waals surface area contributed by atoms with Crippen LogP contribution in [0.3, 0.4) is 0 Å². The third kappa shape index (κ3) is 3.00. The second-order valence-electron chi connectivity index (χ2n) is 4.35. The lowest BCUT2D eigenvalue weighted by atomic mass is 10.2. The lowest BCUT2D eigenvalue weighted by molar-refractivity contribution is -0.150. The summed E-state index contributed by atoms with van der Waals surface area (Å²) in [6.45, 7) is 3.11. The molecule has 0 aliphatic carbocycles. The van der Waals surface area contributed by atoms with Crippen molar-refractivity contribution in [1.29, 1.82) is 0 Å². The molecule has 0 saturated carbocycles. The fraction of sp³-hybridized carbons (Fsp3) is 0.417. The summed E-state index contributed by atoms with van der Waals surface area (Å²) in [6.07, 6.45) is 1.64. The van der Waals surface area contributed by atoms with Crippen LogP contribution in [0.25, 0.3) is 0 Å². The number of carbonyl (C=O) groups is 2. The SMILES string of the molecule is CCN1CC(=O)N(Cc2ccc(NN)nc2)CC1=O. The Kier molecular flexibility index (Phi) is 3.96. The number of carbonyl (C=O) groups excluding carboxylic acids is 2. The Morgan fingerprint density at radius 1 is 1.26 bits per heavy atom. The molecule has 1 saturated heterocycles. The second kappa shape index (κ2) is 5.66. The molecule has 1 aliphatic rings. The number of likely N-dealkylation sites (N-methyl/N-ethyl adjacent to an activating group) is 1. The van der Waals surface area contributed by atoms with Crippen molar-refractivity contribution in [3.8, 4) is 0 Å². The molecule has 0 spiro atoms. The van der Waals surface area contributed by atoms with Crippen LogP contribution < -0.4 is 11.3 Å². The van der Waals surface area contributed by atoms with Gasteiger partial charge in [-0.15, -0.1) is 0 Å². The van der Waals surface area contributed by atoms with E-state index in [9.17, 15) is 9.59 Å². The quantitative estimate of drug-likeness (QED) is 0.567. The monoisotopic (exact) mass is 263 g/mol. The van der Waals surface area contributed by atoms with Gasteiger partial charge in [-0.25, -0.2) is 10.8 Å². The maximum atomic E-state index is 11.9. The highest BCUT2D eigenvalue weighted by atomic mass is 16.2. The molecule has 3 N–H and O–H groups in total. The van der Waals surface area contributed by atoms with Crippen LogP contribution in [0.1, 0.15) is 12.5 Å². The molecule has 102 valence electrons. The van der Waals surface area contributed by atoms with E-state index in [1.54, 1.807) is 22.1 Å². The average molecular weight is 263 g/mol. The predicted octanol–water partition coefficient (Wildman–Crippen LogP) is -0.442. The molecule has 0 radical (unpaired) electrons. The molecule has 2 rings (SSSR count). The minimum atomic E-state index is -0.0394. The molecule has 1 aromatic heterocycles. The number of aromatic nitrogens is 1. The maximum absolute atomic E-state index is 11.9. The van der Waals surface area contributed by atoms with Gasteiger partial charge in [0.05, 0.1) is 6.54 Å². The maximum Gasteiger partial charge on any atom is 0.242 e. The van der Waals surface area contributed by atoms with E-state index in [2.05, 4.69) is 10.4 Å². The Labute approximate surface area is 111 Å². The van der Waals surface area contributed by atoms with E-state index in [0.29, 0.717) is 18.9 Å². The first kappa shape index (κ1) is 13.3. The van der Waals surface area contributed by atoms with Crippen molar-refractivity contribution in [2.24, 2.45) is 5.84 Å². The van der Waals surface area contributed by atoms with Gasteiger partial charge >= 0.3 is 0 Å². The van der Waals surface area contributed by atoms with Gasteiger partial charge in [0.25, 0.3) is 0 Å². The molecule has 1 fully saturated rings. The highest BCUT2D eigenvalue weighted by molar-refractivity contribution is 5.92. The van der Waals surface area contributed by atoms with Gasteiger partial charge in [0.1, 0.15) is 12.4 Å². The van der Waals surface area contributed by atoms with Gasteiger partial charge in [-0.05, 0) is 18.6 Å². The number of hydrogen-bond acceptors (Lipinski definition) is 5. The van der Waals surface area contributed by atoms with Gasteiger partial charge in [0, 0.05) is 19.3 Å². The van der Waals surface area contributed by atoms with E-state index in [1.165, 1.54) is 0 Å². The van der Waals surface area contributed by atoms with Gasteiger partial charge in [0.15, 0.2) is 0 Å². The largest absolute Gasteiger partial charge is 0.332 e. The van der Waals surface area contributed by atoms with E-state index >= 15 is 0 Å². The van der Waals surface area contributed by atoms with Gasteiger partial charge in [-0.2, -0.15) is 0 Å². The summed E-state index contributed by atoms with van der Waals surface area (Å²) < 4.78 is 0. The first-order valence-electron chi connectivity index (χ1n) is 6.11. The molecule has 1 aliphatic heterocycles. The number of nitrogen functional groups attached to an aromatic ring is 1. The number of nitrogens with one attached hydrogen (secondary N) is 1. The number of pyridine rings is 1. The summed E-state index contributed by atoms with van der Waals surface area (Å²) in [5, 5.41) is 0. The Bertz CT molecular complexity index is 474. The fourth-order valence-electron chi connectivity index (χ4n) is 1.96. The molecular weight excluding hydrogens is 246 g/mol. The van der Waals surface area contributed by atoms with Gasteiger partial charge in [-0.1, -0.05) is 6.07 Å². The lowest BCUT2D eigenvalue weighted by Gasteiger charge is -2.33. The third-order valence-electron chi connectivity index (χ3n) is 3.09. The minimum absolute atomic E-state index is 0.0182. The average Bonchev–Trinajstić information content (AvgIpc) is 2.43. The van der Waals surface area contributed by atoms with Crippen molar-refractivity contribution in [3.05, 3.63) is 23.9 Å². The number of nitrogens with zero attached hydrogens (tertiary/aromatic N) is 3. The van der Waals surface area contributed by atoms with Crippen molar-refractivity contribution in [1.82, 2.24) is 14.8 Å². The van der Waals surface area contributed by atoms with Crippen LogP contribution in [0.4, 0.5) is 5.82 Å². The molecule has 2 heterocycles. The highest BCUT2D eigenvalue weighted by Crippen LogP contribution is 2.11. The summed E-state index contributed by atoms with van der Waals surface area (Å²) >= 11 is 0. The van der Waals surface area contributed by atoms with E-state index in [1.807, 2.05) is 13.0 Å². The van der Waals surface area contributed by atoms with Crippen molar-refractivity contribution < 1.29 is 9.59 Å². The normalized spacial score (nSPS) is 15.9. The lowest BCUT2D eigenvalue weighted by Crippen LogP contribution is -2.53. The summed E-state index contributed by atoms with van der Waals surface area (Å²) in [4.78, 5) is 30.8. The van der Waals surface area contributed by atoms with E-state index in [-0.39, 0.29) is 24.9 Å². The molecule has 2 amide bonds. The van der Waals surface area contributed by atoms with Crippen molar-refractivity contribution in [2.45, 2.75) is 13.5 Å². The minimum Gasteiger partial charge on any atom is -0.332 e. The zero-order valence-electron chi connectivity index (χ0n) is 10.8. The first-order valence-corrected chi connectivity index (χ1v) is 6.11. The molecule has 0 aromatic carbocycles. The van der Waals surface area contributed by atoms with Crippen LogP contribution in [-0.4, -0.2) is 46.2 Å². The van der Waals surface area contributed by atoms with Crippen LogP contribution in [-0.2, 0) is 16.1 Å². The van der Waals surface area contributed by atoms with Gasteiger partial charge in [-0.3, -0.25) is 9.59 Å². The molecule has 1 aromatic rings. The number of anilines is 1. The fourth-order valence-corrected chi connectivity index (χ4v) is 1.96. The predicted molar refractivity (Wildman–Crippen MR) is 69.7 cm³/mol. The Morgan fingerprint density at radius 3 is 2.53 bits per heavy atom. The summed E-state index contributed by atoms with van der Waals surface area (Å²) in [5.41, 5.74) is 3.30. The number of hydrazine groups is 1. The van der Waals surface area contributed by atoms with E-state index in [4.69, 9.17) is 5.84 Å². The molecule has 7 heteroatoms. The zero-order chi connectivity index (χ0) is 13.8. The molecule has 0 bridgehead atoms. The number of amides is 2. The topological polar surface area (TPSA) is 91.6 Å². The third-order valence-corrected chi connectivity index (χ3v) is 3.09. The van der Waals surface area contributed by atoms with Gasteiger partial charge < -0.3 is 15.2 Å². The molecule has 19 heavy (non-hydrogen) atoms. The Balaban J connectivity index is 2.02. The van der Waals surface area contributed by atoms with Crippen molar-refractivity contribution in [3.63, 3.8) is 0 Å². The van der Waals surface area contributed by atoms with Crippen LogP contribution >= 0.6 is 0 Å². The summed E-state index contributed by atoms with van der Waals surface area (Å²) in [7, 11) is 0. The smallest absolute Gasteiger partial charge is 0.242 e. The highest BCUT2D eigenvalue weighted by Gasteiger charge is 2.28.